The number of aliphatic hydroxyl groups is 1. The molecule has 1 amide bonds. The number of anilines is 1. The molecule has 0 aromatic heterocycles. The van der Waals surface area contributed by atoms with Gasteiger partial charge in [-0.3, -0.25) is 4.79 Å². The highest BCUT2D eigenvalue weighted by Gasteiger charge is 2.08. The van der Waals surface area contributed by atoms with Gasteiger partial charge in [-0.05, 0) is 38.3 Å². The van der Waals surface area contributed by atoms with Crippen LogP contribution >= 0.6 is 0 Å². The Bertz CT molecular complexity index is 515. The summed E-state index contributed by atoms with van der Waals surface area (Å²) in [6.45, 7) is 2.83. The number of carbonyl (C=O) groups is 1. The smallest absolute Gasteiger partial charge is 0.267 e. The van der Waals surface area contributed by atoms with Crippen molar-refractivity contribution >= 4 is 11.6 Å². The first kappa shape index (κ1) is 16.7. The van der Waals surface area contributed by atoms with E-state index in [0.29, 0.717) is 12.2 Å². The van der Waals surface area contributed by atoms with Crippen LogP contribution in [0.3, 0.4) is 0 Å². The third kappa shape index (κ3) is 6.59. The summed E-state index contributed by atoms with van der Waals surface area (Å²) in [7, 11) is 0. The fourth-order valence-electron chi connectivity index (χ4n) is 1.67. The fraction of sp³-hybridized carbons (Fsp3) is 0.375. The largest absolute Gasteiger partial charge is 0.396 e. The molecular weight excluding hydrogens is 266 g/mol. The lowest BCUT2D eigenvalue weighted by molar-refractivity contribution is -0.112. The van der Waals surface area contributed by atoms with Gasteiger partial charge >= 0.3 is 0 Å². The minimum atomic E-state index is -0.427. The molecule has 0 spiro atoms. The van der Waals surface area contributed by atoms with E-state index in [1.807, 2.05) is 25.1 Å². The first-order valence-electron chi connectivity index (χ1n) is 7.00. The number of benzene rings is 1. The molecule has 0 radical (unpaired) electrons. The average molecular weight is 287 g/mol. The Kier molecular flexibility index (Phi) is 7.62. The number of unbranched alkanes of at least 4 members (excludes halogenated alkanes) is 2. The number of amides is 1. The Morgan fingerprint density at radius 2 is 2.00 bits per heavy atom. The third-order valence-electron chi connectivity index (χ3n) is 2.90. The van der Waals surface area contributed by atoms with Crippen LogP contribution < -0.4 is 10.6 Å². The second-order valence-electron chi connectivity index (χ2n) is 4.73. The molecule has 0 aliphatic carbocycles. The molecule has 0 aliphatic heterocycles. The summed E-state index contributed by atoms with van der Waals surface area (Å²) in [6, 6.07) is 9.26. The van der Waals surface area contributed by atoms with Crippen molar-refractivity contribution in [2.45, 2.75) is 26.2 Å². The number of aliphatic hydroxyl groups excluding tert-OH is 1. The van der Waals surface area contributed by atoms with Crippen LogP contribution in [0.1, 0.15) is 24.8 Å². The van der Waals surface area contributed by atoms with Crippen molar-refractivity contribution in [3.63, 3.8) is 0 Å². The number of rotatable bonds is 8. The van der Waals surface area contributed by atoms with Gasteiger partial charge in [0.15, 0.2) is 0 Å². The Hall–Kier alpha value is -2.32. The standard InChI is InChI=1S/C16H21N3O2/c1-13-5-7-15(8-6-13)19-16(21)14(11-17)12-18-9-3-2-4-10-20/h5-8,12,18,20H,2-4,9-10H2,1H3,(H,19,21)/b14-12-. The molecule has 1 rings (SSSR count). The van der Waals surface area contributed by atoms with Gasteiger partial charge in [-0.2, -0.15) is 5.26 Å². The van der Waals surface area contributed by atoms with E-state index in [4.69, 9.17) is 10.4 Å². The summed E-state index contributed by atoms with van der Waals surface area (Å²) in [5.41, 5.74) is 1.81. The lowest BCUT2D eigenvalue weighted by atomic mass is 10.2. The summed E-state index contributed by atoms with van der Waals surface area (Å²) in [5, 5.41) is 23.3. The van der Waals surface area contributed by atoms with Gasteiger partial charge in [-0.25, -0.2) is 0 Å². The number of nitriles is 1. The van der Waals surface area contributed by atoms with E-state index >= 15 is 0 Å². The Labute approximate surface area is 125 Å². The van der Waals surface area contributed by atoms with Crippen molar-refractivity contribution < 1.29 is 9.90 Å². The number of nitrogens with one attached hydrogen (secondary N) is 2. The molecule has 0 bridgehead atoms. The second kappa shape index (κ2) is 9.56. The molecule has 1 aromatic rings. The summed E-state index contributed by atoms with van der Waals surface area (Å²) in [4.78, 5) is 11.9. The zero-order valence-corrected chi connectivity index (χ0v) is 12.2. The maximum atomic E-state index is 11.9. The monoisotopic (exact) mass is 287 g/mol. The number of hydrogen-bond donors (Lipinski definition) is 3. The molecule has 0 heterocycles. The quantitative estimate of drug-likeness (QED) is 0.388. The van der Waals surface area contributed by atoms with Crippen molar-refractivity contribution in [1.82, 2.24) is 5.32 Å². The fourth-order valence-corrected chi connectivity index (χ4v) is 1.67. The van der Waals surface area contributed by atoms with E-state index in [0.717, 1.165) is 24.8 Å². The summed E-state index contributed by atoms with van der Waals surface area (Å²) in [5.74, 6) is -0.427. The lowest BCUT2D eigenvalue weighted by Crippen LogP contribution is -2.17. The van der Waals surface area contributed by atoms with E-state index in [1.165, 1.54) is 6.20 Å². The van der Waals surface area contributed by atoms with Crippen molar-refractivity contribution in [1.29, 1.82) is 5.26 Å². The molecule has 0 fully saturated rings. The van der Waals surface area contributed by atoms with Crippen LogP contribution in [-0.2, 0) is 4.79 Å². The highest BCUT2D eigenvalue weighted by molar-refractivity contribution is 6.06. The number of carbonyl (C=O) groups excluding carboxylic acids is 1. The number of nitrogens with zero attached hydrogens (tertiary/aromatic N) is 1. The predicted molar refractivity (Wildman–Crippen MR) is 82.4 cm³/mol. The van der Waals surface area contributed by atoms with Gasteiger partial charge < -0.3 is 15.7 Å². The van der Waals surface area contributed by atoms with Crippen molar-refractivity contribution in [3.05, 3.63) is 41.6 Å². The van der Waals surface area contributed by atoms with Crippen LogP contribution in [0.2, 0.25) is 0 Å². The molecule has 0 saturated carbocycles. The summed E-state index contributed by atoms with van der Waals surface area (Å²) < 4.78 is 0. The van der Waals surface area contributed by atoms with Gasteiger partial charge in [0.25, 0.3) is 5.91 Å². The van der Waals surface area contributed by atoms with Gasteiger partial charge in [0.1, 0.15) is 11.6 Å². The van der Waals surface area contributed by atoms with Gasteiger partial charge in [-0.15, -0.1) is 0 Å². The summed E-state index contributed by atoms with van der Waals surface area (Å²) >= 11 is 0. The van der Waals surface area contributed by atoms with Crippen LogP contribution in [0.5, 0.6) is 0 Å². The van der Waals surface area contributed by atoms with Crippen LogP contribution in [-0.4, -0.2) is 24.2 Å². The maximum absolute atomic E-state index is 11.9. The van der Waals surface area contributed by atoms with E-state index < -0.39 is 5.91 Å². The van der Waals surface area contributed by atoms with Gasteiger partial charge in [0.05, 0.1) is 0 Å². The maximum Gasteiger partial charge on any atom is 0.267 e. The molecule has 0 saturated heterocycles. The molecule has 5 nitrogen and oxygen atoms in total. The first-order valence-corrected chi connectivity index (χ1v) is 7.00. The van der Waals surface area contributed by atoms with Crippen LogP contribution in [0.25, 0.3) is 0 Å². The number of hydrogen-bond acceptors (Lipinski definition) is 4. The van der Waals surface area contributed by atoms with Gasteiger partial charge in [0, 0.05) is 25.0 Å². The zero-order valence-electron chi connectivity index (χ0n) is 12.2. The minimum Gasteiger partial charge on any atom is -0.396 e. The minimum absolute atomic E-state index is 0.0396. The predicted octanol–water partition coefficient (Wildman–Crippen LogP) is 2.09. The average Bonchev–Trinajstić information content (AvgIpc) is 2.49. The van der Waals surface area contributed by atoms with E-state index in [1.54, 1.807) is 12.1 Å². The highest BCUT2D eigenvalue weighted by atomic mass is 16.2. The molecule has 112 valence electrons. The molecule has 5 heteroatoms. The highest BCUT2D eigenvalue weighted by Crippen LogP contribution is 2.09. The summed E-state index contributed by atoms with van der Waals surface area (Å²) in [6.07, 6.45) is 4.00. The Morgan fingerprint density at radius 1 is 1.29 bits per heavy atom. The van der Waals surface area contributed by atoms with Crippen molar-refractivity contribution in [2.24, 2.45) is 0 Å². The van der Waals surface area contributed by atoms with Crippen molar-refractivity contribution in [3.8, 4) is 6.07 Å². The Morgan fingerprint density at radius 3 is 2.62 bits per heavy atom. The normalized spacial score (nSPS) is 10.8. The molecule has 21 heavy (non-hydrogen) atoms. The number of aryl methyl sites for hydroxylation is 1. The second-order valence-corrected chi connectivity index (χ2v) is 4.73. The molecule has 0 atom stereocenters. The zero-order chi connectivity index (χ0) is 15.5. The first-order chi connectivity index (χ1) is 10.2. The molecule has 0 unspecified atom stereocenters. The molecule has 0 aliphatic rings. The lowest BCUT2D eigenvalue weighted by Gasteiger charge is -2.05. The third-order valence-corrected chi connectivity index (χ3v) is 2.90. The SMILES string of the molecule is Cc1ccc(NC(=O)/C(C#N)=C\NCCCCCO)cc1. The van der Waals surface area contributed by atoms with Gasteiger partial charge in [0.2, 0.25) is 0 Å². The topological polar surface area (TPSA) is 85.2 Å². The van der Waals surface area contributed by atoms with E-state index in [-0.39, 0.29) is 12.2 Å². The van der Waals surface area contributed by atoms with Crippen molar-refractivity contribution in [2.75, 3.05) is 18.5 Å². The van der Waals surface area contributed by atoms with Crippen LogP contribution in [0.15, 0.2) is 36.0 Å². The van der Waals surface area contributed by atoms with Crippen LogP contribution in [0.4, 0.5) is 5.69 Å². The van der Waals surface area contributed by atoms with Gasteiger partial charge in [-0.1, -0.05) is 17.7 Å². The van der Waals surface area contributed by atoms with Crippen LogP contribution in [0, 0.1) is 18.3 Å². The van der Waals surface area contributed by atoms with E-state index in [2.05, 4.69) is 10.6 Å². The van der Waals surface area contributed by atoms with E-state index in [9.17, 15) is 4.79 Å². The Balaban J connectivity index is 2.45. The molecular formula is C16H21N3O2. The molecule has 1 aromatic carbocycles. The molecule has 3 N–H and O–H groups in total.